The van der Waals surface area contributed by atoms with Crippen LogP contribution in [-0.2, 0) is 11.8 Å². The number of fused-ring (bicyclic) bond motifs is 1. The summed E-state index contributed by atoms with van der Waals surface area (Å²) in [6, 6.07) is 3.21. The molecule has 2 aromatic rings. The number of piperazine rings is 1. The Morgan fingerprint density at radius 2 is 2.15 bits per heavy atom. The molecule has 2 heterocycles. The summed E-state index contributed by atoms with van der Waals surface area (Å²) in [5.41, 5.74) is 0.468. The minimum Gasteiger partial charge on any atom is -0.444 e. The lowest BCUT2D eigenvalue weighted by atomic mass is 10.1. The largest absolute Gasteiger partial charge is 0.444 e. The third-order valence-corrected chi connectivity index (χ3v) is 4.51. The van der Waals surface area contributed by atoms with Crippen molar-refractivity contribution in [2.24, 2.45) is 7.05 Å². The number of amides is 1. The highest BCUT2D eigenvalue weighted by molar-refractivity contribution is 5.82. The first-order valence-electron chi connectivity index (χ1n) is 9.23. The van der Waals surface area contributed by atoms with Crippen LogP contribution >= 0.6 is 0 Å². The molecule has 27 heavy (non-hydrogen) atoms. The summed E-state index contributed by atoms with van der Waals surface area (Å²) in [6.07, 6.45) is 1.46. The summed E-state index contributed by atoms with van der Waals surface area (Å²) in [5, 5.41) is 11.4. The Kier molecular flexibility index (Phi) is 5.28. The van der Waals surface area contributed by atoms with Gasteiger partial charge in [-0.1, -0.05) is 0 Å². The van der Waals surface area contributed by atoms with Crippen molar-refractivity contribution in [3.8, 4) is 0 Å². The lowest BCUT2D eigenvalue weighted by Gasteiger charge is -2.41. The molecule has 2 N–H and O–H groups in total. The number of anilines is 1. The molecule has 3 rings (SSSR count). The van der Waals surface area contributed by atoms with E-state index in [2.05, 4.69) is 15.7 Å². The Bertz CT molecular complexity index is 829. The van der Waals surface area contributed by atoms with Gasteiger partial charge in [0.1, 0.15) is 11.1 Å². The predicted octanol–water partition coefficient (Wildman–Crippen LogP) is 2.72. The molecule has 1 aliphatic rings. The smallest absolute Gasteiger partial charge is 0.410 e. The van der Waals surface area contributed by atoms with Crippen LogP contribution in [0.4, 0.5) is 14.9 Å². The van der Waals surface area contributed by atoms with E-state index in [4.69, 9.17) is 4.74 Å². The van der Waals surface area contributed by atoms with Crippen molar-refractivity contribution in [3.63, 3.8) is 0 Å². The Labute approximate surface area is 158 Å². The number of aryl methyl sites for hydroxylation is 1. The molecule has 1 fully saturated rings. The Morgan fingerprint density at radius 1 is 1.41 bits per heavy atom. The minimum absolute atomic E-state index is 0.0120. The van der Waals surface area contributed by atoms with Gasteiger partial charge in [-0.25, -0.2) is 9.18 Å². The molecular weight excluding hydrogens is 349 g/mol. The Balaban J connectivity index is 1.73. The van der Waals surface area contributed by atoms with Crippen LogP contribution in [0.15, 0.2) is 18.3 Å². The van der Waals surface area contributed by atoms with Crippen LogP contribution in [-0.4, -0.2) is 58.1 Å². The van der Waals surface area contributed by atoms with E-state index in [0.717, 1.165) is 5.39 Å². The van der Waals surface area contributed by atoms with Gasteiger partial charge in [0.25, 0.3) is 0 Å². The SMILES string of the molecule is C[C@@H]1CNC[C@@H](CNc2cc(F)c3nn(C)cc3c2)N1C(=O)OC(C)(C)C. The molecule has 1 aliphatic heterocycles. The first-order chi connectivity index (χ1) is 12.6. The van der Waals surface area contributed by atoms with E-state index in [1.54, 1.807) is 22.8 Å². The van der Waals surface area contributed by atoms with Crippen molar-refractivity contribution in [2.75, 3.05) is 25.0 Å². The highest BCUT2D eigenvalue weighted by Gasteiger charge is 2.34. The van der Waals surface area contributed by atoms with Gasteiger partial charge >= 0.3 is 6.09 Å². The zero-order chi connectivity index (χ0) is 19.8. The van der Waals surface area contributed by atoms with Crippen LogP contribution in [0.1, 0.15) is 27.7 Å². The predicted molar refractivity (Wildman–Crippen MR) is 103 cm³/mol. The van der Waals surface area contributed by atoms with E-state index in [1.165, 1.54) is 6.07 Å². The number of halogens is 1. The van der Waals surface area contributed by atoms with Gasteiger partial charge in [-0.15, -0.1) is 0 Å². The average Bonchev–Trinajstić information content (AvgIpc) is 2.92. The molecule has 1 aromatic carbocycles. The van der Waals surface area contributed by atoms with Gasteiger partial charge in [-0.05, 0) is 39.8 Å². The Morgan fingerprint density at radius 3 is 2.85 bits per heavy atom. The molecule has 0 bridgehead atoms. The molecule has 148 valence electrons. The molecule has 0 radical (unpaired) electrons. The van der Waals surface area contributed by atoms with Crippen molar-refractivity contribution in [1.82, 2.24) is 20.0 Å². The summed E-state index contributed by atoms with van der Waals surface area (Å²) in [6.45, 7) is 9.41. The van der Waals surface area contributed by atoms with E-state index < -0.39 is 5.60 Å². The van der Waals surface area contributed by atoms with Gasteiger partial charge in [0, 0.05) is 50.0 Å². The highest BCUT2D eigenvalue weighted by atomic mass is 19.1. The fourth-order valence-electron chi connectivity index (χ4n) is 3.38. The second-order valence-corrected chi connectivity index (χ2v) is 8.13. The quantitative estimate of drug-likeness (QED) is 0.861. The number of nitrogens with one attached hydrogen (secondary N) is 2. The van der Waals surface area contributed by atoms with Gasteiger partial charge in [0.2, 0.25) is 0 Å². The number of nitrogens with zero attached hydrogens (tertiary/aromatic N) is 3. The van der Waals surface area contributed by atoms with Gasteiger partial charge < -0.3 is 15.4 Å². The lowest BCUT2D eigenvalue weighted by Crippen LogP contribution is -2.61. The van der Waals surface area contributed by atoms with Crippen molar-refractivity contribution in [1.29, 1.82) is 0 Å². The molecule has 0 unspecified atom stereocenters. The van der Waals surface area contributed by atoms with Crippen LogP contribution in [0.25, 0.3) is 10.9 Å². The zero-order valence-corrected chi connectivity index (χ0v) is 16.5. The van der Waals surface area contributed by atoms with Crippen LogP contribution < -0.4 is 10.6 Å². The van der Waals surface area contributed by atoms with E-state index >= 15 is 0 Å². The van der Waals surface area contributed by atoms with Crippen LogP contribution in [0.2, 0.25) is 0 Å². The normalized spacial score (nSPS) is 20.7. The molecule has 7 nitrogen and oxygen atoms in total. The van der Waals surface area contributed by atoms with Gasteiger partial charge in [0.05, 0.1) is 6.04 Å². The molecule has 8 heteroatoms. The van der Waals surface area contributed by atoms with E-state index in [0.29, 0.717) is 30.8 Å². The average molecular weight is 377 g/mol. The van der Waals surface area contributed by atoms with Crippen molar-refractivity contribution >= 4 is 22.7 Å². The maximum absolute atomic E-state index is 14.3. The van der Waals surface area contributed by atoms with E-state index in [9.17, 15) is 9.18 Å². The summed E-state index contributed by atoms with van der Waals surface area (Å²) in [4.78, 5) is 14.4. The Hall–Kier alpha value is -2.35. The second-order valence-electron chi connectivity index (χ2n) is 8.13. The number of hydrogen-bond acceptors (Lipinski definition) is 5. The van der Waals surface area contributed by atoms with Gasteiger partial charge in [-0.3, -0.25) is 9.58 Å². The van der Waals surface area contributed by atoms with Crippen molar-refractivity contribution in [2.45, 2.75) is 45.4 Å². The van der Waals surface area contributed by atoms with Crippen molar-refractivity contribution < 1.29 is 13.9 Å². The van der Waals surface area contributed by atoms with E-state index in [-0.39, 0.29) is 24.0 Å². The van der Waals surface area contributed by atoms with Crippen LogP contribution in [0.3, 0.4) is 0 Å². The van der Waals surface area contributed by atoms with Crippen molar-refractivity contribution in [3.05, 3.63) is 24.1 Å². The molecule has 2 atom stereocenters. The number of benzene rings is 1. The number of carbonyl (C=O) groups is 1. The number of carbonyl (C=O) groups excluding carboxylic acids is 1. The molecule has 0 aliphatic carbocycles. The number of ether oxygens (including phenoxy) is 1. The molecule has 1 saturated heterocycles. The molecular formula is C19H28FN5O2. The monoisotopic (exact) mass is 377 g/mol. The molecule has 0 spiro atoms. The zero-order valence-electron chi connectivity index (χ0n) is 16.5. The summed E-state index contributed by atoms with van der Waals surface area (Å²) in [5.74, 6) is -0.366. The molecule has 0 saturated carbocycles. The molecule has 1 amide bonds. The second kappa shape index (κ2) is 7.34. The fraction of sp³-hybridized carbons (Fsp3) is 0.579. The van der Waals surface area contributed by atoms with Crippen LogP contribution in [0, 0.1) is 5.82 Å². The first kappa shape index (κ1) is 19.4. The standard InChI is InChI=1S/C19H28FN5O2/c1-12-8-21-9-15(25(12)18(26)27-19(2,3)4)10-22-14-6-13-11-24(5)23-17(13)16(20)7-14/h6-7,11-12,15,21-22H,8-10H2,1-5H3/t12-,15+/m1/s1. The minimum atomic E-state index is -0.547. The maximum atomic E-state index is 14.3. The van der Waals surface area contributed by atoms with Crippen LogP contribution in [0.5, 0.6) is 0 Å². The maximum Gasteiger partial charge on any atom is 0.410 e. The fourth-order valence-corrected chi connectivity index (χ4v) is 3.38. The summed E-state index contributed by atoms with van der Waals surface area (Å²) >= 11 is 0. The summed E-state index contributed by atoms with van der Waals surface area (Å²) < 4.78 is 21.4. The number of aromatic nitrogens is 2. The summed E-state index contributed by atoms with van der Waals surface area (Å²) in [7, 11) is 1.76. The number of hydrogen-bond donors (Lipinski definition) is 2. The topological polar surface area (TPSA) is 71.4 Å². The molecule has 1 aromatic heterocycles. The van der Waals surface area contributed by atoms with E-state index in [1.807, 2.05) is 33.8 Å². The third kappa shape index (κ3) is 4.50. The lowest BCUT2D eigenvalue weighted by molar-refractivity contribution is 0.00227. The highest BCUT2D eigenvalue weighted by Crippen LogP contribution is 2.22. The van der Waals surface area contributed by atoms with Gasteiger partial charge in [0.15, 0.2) is 5.82 Å². The first-order valence-corrected chi connectivity index (χ1v) is 9.23. The van der Waals surface area contributed by atoms with Gasteiger partial charge in [-0.2, -0.15) is 5.10 Å². The number of rotatable bonds is 3. The third-order valence-electron chi connectivity index (χ3n) is 4.51.